The second-order valence-electron chi connectivity index (χ2n) is 11.0. The van der Waals surface area contributed by atoms with Gasteiger partial charge < -0.3 is 18.7 Å². The number of ether oxygens (including phenoxy) is 1. The van der Waals surface area contributed by atoms with Gasteiger partial charge in [-0.25, -0.2) is 4.98 Å². The number of para-hydroxylation sites is 1. The third kappa shape index (κ3) is 4.41. The van der Waals surface area contributed by atoms with Gasteiger partial charge in [-0.1, -0.05) is 67.8 Å². The maximum absolute atomic E-state index is 12.2. The molecule has 3 aromatic rings. The predicted octanol–water partition coefficient (Wildman–Crippen LogP) is 5.68. The molecule has 2 bridgehead atoms. The molecule has 1 N–H and O–H groups in total. The van der Waals surface area contributed by atoms with Crippen LogP contribution < -0.4 is 4.74 Å². The first-order valence-electron chi connectivity index (χ1n) is 13.4. The van der Waals surface area contributed by atoms with E-state index in [1.165, 1.54) is 19.3 Å². The van der Waals surface area contributed by atoms with Crippen LogP contribution in [0.15, 0.2) is 71.3 Å². The van der Waals surface area contributed by atoms with Gasteiger partial charge in [0.2, 0.25) is 5.89 Å². The summed E-state index contributed by atoms with van der Waals surface area (Å²) in [6, 6.07) is 20.2. The zero-order valence-corrected chi connectivity index (χ0v) is 20.5. The van der Waals surface area contributed by atoms with Gasteiger partial charge in [0.1, 0.15) is 18.8 Å². The minimum atomic E-state index is -1.17. The molecule has 3 aliphatic heterocycles. The van der Waals surface area contributed by atoms with Crippen LogP contribution in [0.3, 0.4) is 0 Å². The first-order valence-corrected chi connectivity index (χ1v) is 13.4. The minimum absolute atomic E-state index is 0.131. The third-order valence-electron chi connectivity index (χ3n) is 8.85. The molecule has 35 heavy (non-hydrogen) atoms. The molecule has 7 rings (SSSR count). The van der Waals surface area contributed by atoms with Crippen molar-refractivity contribution in [2.45, 2.75) is 63.2 Å². The largest absolute Gasteiger partial charge is 0.484 e. The van der Waals surface area contributed by atoms with Gasteiger partial charge in [0.05, 0.1) is 19.3 Å². The van der Waals surface area contributed by atoms with Crippen LogP contribution in [0, 0.1) is 11.8 Å². The van der Waals surface area contributed by atoms with Crippen molar-refractivity contribution in [3.05, 3.63) is 84.1 Å². The SMILES string of the molecule is OC(c1ccccc1)(c1ncc(C[N+]23CCC(CC2)C(Oc2ccccc2)C3)o1)C1CCCCC1. The second-order valence-corrected chi connectivity index (χ2v) is 11.0. The molecule has 2 aromatic carbocycles. The third-order valence-corrected chi connectivity index (χ3v) is 8.85. The van der Waals surface area contributed by atoms with E-state index in [0.717, 1.165) is 73.4 Å². The summed E-state index contributed by atoms with van der Waals surface area (Å²) in [4.78, 5) is 4.71. The highest BCUT2D eigenvalue weighted by Gasteiger charge is 2.49. The smallest absolute Gasteiger partial charge is 0.231 e. The molecule has 0 spiro atoms. The lowest BCUT2D eigenvalue weighted by Gasteiger charge is -2.51. The first kappa shape index (κ1) is 22.8. The highest BCUT2D eigenvalue weighted by molar-refractivity contribution is 5.30. The lowest BCUT2D eigenvalue weighted by molar-refractivity contribution is -0.958. The summed E-state index contributed by atoms with van der Waals surface area (Å²) in [6.45, 7) is 4.12. The van der Waals surface area contributed by atoms with Gasteiger partial charge in [-0.15, -0.1) is 0 Å². The monoisotopic (exact) mass is 473 g/mol. The Balaban J connectivity index is 1.24. The molecule has 1 aliphatic carbocycles. The number of piperidine rings is 3. The molecule has 2 unspecified atom stereocenters. The summed E-state index contributed by atoms with van der Waals surface area (Å²) >= 11 is 0. The molecule has 0 radical (unpaired) electrons. The minimum Gasteiger partial charge on any atom is -0.484 e. The highest BCUT2D eigenvalue weighted by Crippen LogP contribution is 2.44. The Morgan fingerprint density at radius 2 is 1.60 bits per heavy atom. The van der Waals surface area contributed by atoms with Gasteiger partial charge in [-0.3, -0.25) is 0 Å². The van der Waals surface area contributed by atoms with E-state index in [9.17, 15) is 5.11 Å². The standard InChI is InChI=1S/C30H37N2O3/c33-30(24-10-4-1-5-11-24,25-12-6-2-7-13-25)29-31-20-27(35-29)21-32-18-16-23(17-19-32)28(22-32)34-26-14-8-3-9-15-26/h1,3-5,8-11,14-15,20,23,25,28,33H,2,6-7,12-13,16-19,21-22H2/q+1. The van der Waals surface area contributed by atoms with Gasteiger partial charge in [-0.2, -0.15) is 0 Å². The molecule has 1 saturated carbocycles. The van der Waals surface area contributed by atoms with Crippen molar-refractivity contribution in [1.29, 1.82) is 0 Å². The first-order chi connectivity index (χ1) is 17.1. The molecule has 4 aliphatic rings. The predicted molar refractivity (Wildman–Crippen MR) is 135 cm³/mol. The number of fused-ring (bicyclic) bond motifs is 3. The lowest BCUT2D eigenvalue weighted by Crippen LogP contribution is -2.64. The Bertz CT molecular complexity index is 1100. The van der Waals surface area contributed by atoms with Crippen molar-refractivity contribution >= 4 is 0 Å². The van der Waals surface area contributed by atoms with Gasteiger partial charge >= 0.3 is 0 Å². The number of nitrogens with zero attached hydrogens (tertiary/aromatic N) is 2. The molecule has 4 heterocycles. The Morgan fingerprint density at radius 1 is 0.914 bits per heavy atom. The van der Waals surface area contributed by atoms with Crippen molar-refractivity contribution in [2.75, 3.05) is 19.6 Å². The van der Waals surface area contributed by atoms with Crippen molar-refractivity contribution in [3.63, 3.8) is 0 Å². The van der Waals surface area contributed by atoms with Gasteiger partial charge in [0, 0.05) is 24.7 Å². The van der Waals surface area contributed by atoms with Crippen LogP contribution >= 0.6 is 0 Å². The van der Waals surface area contributed by atoms with Crippen molar-refractivity contribution in [2.24, 2.45) is 11.8 Å². The summed E-state index contributed by atoms with van der Waals surface area (Å²) in [7, 11) is 0. The topological polar surface area (TPSA) is 55.5 Å². The van der Waals surface area contributed by atoms with E-state index in [-0.39, 0.29) is 12.0 Å². The van der Waals surface area contributed by atoms with E-state index < -0.39 is 5.60 Å². The average Bonchev–Trinajstić information content (AvgIpc) is 3.39. The van der Waals surface area contributed by atoms with Crippen molar-refractivity contribution in [3.8, 4) is 5.75 Å². The fraction of sp³-hybridized carbons (Fsp3) is 0.500. The molecule has 0 amide bonds. The van der Waals surface area contributed by atoms with Crippen LogP contribution in [-0.4, -0.2) is 40.3 Å². The van der Waals surface area contributed by atoms with Gasteiger partial charge in [0.25, 0.3) is 0 Å². The van der Waals surface area contributed by atoms with E-state index >= 15 is 0 Å². The van der Waals surface area contributed by atoms with Crippen LogP contribution in [0.5, 0.6) is 5.75 Å². The lowest BCUT2D eigenvalue weighted by atomic mass is 9.73. The van der Waals surface area contributed by atoms with Crippen LogP contribution in [0.1, 0.15) is 62.2 Å². The Hall–Kier alpha value is -2.63. The maximum Gasteiger partial charge on any atom is 0.231 e. The van der Waals surface area contributed by atoms with Gasteiger partial charge in [0.15, 0.2) is 17.5 Å². The van der Waals surface area contributed by atoms with E-state index in [1.54, 1.807) is 0 Å². The van der Waals surface area contributed by atoms with E-state index in [4.69, 9.17) is 14.1 Å². The van der Waals surface area contributed by atoms with Crippen LogP contribution in [0.25, 0.3) is 0 Å². The number of oxazole rings is 1. The Morgan fingerprint density at radius 3 is 2.31 bits per heavy atom. The van der Waals surface area contributed by atoms with Crippen molar-refractivity contribution in [1.82, 2.24) is 4.98 Å². The van der Waals surface area contributed by atoms with Crippen LogP contribution in [0.2, 0.25) is 0 Å². The summed E-state index contributed by atoms with van der Waals surface area (Å²) in [5.41, 5.74) is -0.282. The normalized spacial score (nSPS) is 28.5. The van der Waals surface area contributed by atoms with Gasteiger partial charge in [-0.05, 0) is 30.5 Å². The Labute approximate surface area is 208 Å². The molecule has 1 aromatic heterocycles. The molecule has 5 heteroatoms. The number of hydrogen-bond acceptors (Lipinski definition) is 4. The quantitative estimate of drug-likeness (QED) is 0.449. The molecule has 4 fully saturated rings. The fourth-order valence-corrected chi connectivity index (χ4v) is 6.88. The van der Waals surface area contributed by atoms with E-state index in [1.807, 2.05) is 54.7 Å². The Kier molecular flexibility index (Phi) is 6.15. The van der Waals surface area contributed by atoms with Crippen molar-refractivity contribution < 1.29 is 18.7 Å². The second kappa shape index (κ2) is 9.44. The number of rotatable bonds is 7. The summed E-state index contributed by atoms with van der Waals surface area (Å²) in [6.07, 6.45) is 10.0. The molecule has 5 nitrogen and oxygen atoms in total. The highest BCUT2D eigenvalue weighted by atomic mass is 16.5. The van der Waals surface area contributed by atoms with E-state index in [0.29, 0.717) is 11.8 Å². The fourth-order valence-electron chi connectivity index (χ4n) is 6.88. The summed E-state index contributed by atoms with van der Waals surface area (Å²) in [5, 5.41) is 12.2. The zero-order chi connectivity index (χ0) is 23.7. The summed E-state index contributed by atoms with van der Waals surface area (Å²) < 4.78 is 13.9. The van der Waals surface area contributed by atoms with Crippen LogP contribution in [-0.2, 0) is 12.1 Å². The number of aromatic nitrogens is 1. The molecular formula is C30H37N2O3+. The number of aliphatic hydroxyl groups is 1. The van der Waals surface area contributed by atoms with E-state index in [2.05, 4.69) is 12.1 Å². The number of benzene rings is 2. The number of hydrogen-bond donors (Lipinski definition) is 1. The zero-order valence-electron chi connectivity index (χ0n) is 20.5. The molecule has 2 atom stereocenters. The molecular weight excluding hydrogens is 436 g/mol. The molecule has 184 valence electrons. The molecule has 3 saturated heterocycles. The maximum atomic E-state index is 12.2. The number of quaternary nitrogens is 1. The average molecular weight is 474 g/mol. The van der Waals surface area contributed by atoms with Crippen LogP contribution in [0.4, 0.5) is 0 Å². The summed E-state index contributed by atoms with van der Waals surface area (Å²) in [5.74, 6) is 3.07.